The minimum Gasteiger partial charge on any atom is -0.480 e. The minimum atomic E-state index is -1.09. The molecule has 0 aromatic heterocycles. The molecule has 1 aliphatic rings. The third kappa shape index (κ3) is 2.34. The predicted molar refractivity (Wildman–Crippen MR) is 63.5 cm³/mol. The summed E-state index contributed by atoms with van der Waals surface area (Å²) in [6, 6.07) is 6.41. The monoisotopic (exact) mass is 250 g/mol. The number of nitrogens with one attached hydrogen (secondary N) is 1. The molecule has 0 radical (unpaired) electrons. The van der Waals surface area contributed by atoms with Crippen LogP contribution in [0.5, 0.6) is 0 Å². The van der Waals surface area contributed by atoms with Crippen molar-refractivity contribution >= 4 is 17.6 Å². The van der Waals surface area contributed by atoms with Gasteiger partial charge in [0.15, 0.2) is 0 Å². The summed E-state index contributed by atoms with van der Waals surface area (Å²) in [6.45, 7) is -0.409. The van der Waals surface area contributed by atoms with Crippen LogP contribution in [0.1, 0.15) is 12.0 Å². The van der Waals surface area contributed by atoms with Crippen LogP contribution in [0.2, 0.25) is 0 Å². The second-order valence-corrected chi connectivity index (χ2v) is 4.17. The molecule has 1 aromatic rings. The topological polar surface area (TPSA) is 89.9 Å². The van der Waals surface area contributed by atoms with Gasteiger partial charge < -0.3 is 10.3 Å². The molecule has 0 bridgehead atoms. The Morgan fingerprint density at radius 1 is 1.44 bits per heavy atom. The summed E-state index contributed by atoms with van der Waals surface area (Å²) >= 11 is 0. The molecule has 6 nitrogen and oxygen atoms in total. The number of hydrogen-bond donors (Lipinski definition) is 3. The zero-order valence-electron chi connectivity index (χ0n) is 9.67. The van der Waals surface area contributed by atoms with Gasteiger partial charge in [0, 0.05) is 5.69 Å². The number of aliphatic carboxylic acids is 1. The predicted octanol–water partition coefficient (Wildman–Crippen LogP) is 0.398. The number of aryl methyl sites for hydroxylation is 1. The molecule has 0 spiro atoms. The molecule has 1 atom stereocenters. The van der Waals surface area contributed by atoms with E-state index >= 15 is 0 Å². The van der Waals surface area contributed by atoms with Crippen molar-refractivity contribution in [3.63, 3.8) is 0 Å². The second kappa shape index (κ2) is 5.16. The second-order valence-electron chi connectivity index (χ2n) is 4.17. The highest BCUT2D eigenvalue weighted by Gasteiger charge is 2.30. The first kappa shape index (κ1) is 12.5. The van der Waals surface area contributed by atoms with Crippen LogP contribution in [0.3, 0.4) is 0 Å². The zero-order valence-corrected chi connectivity index (χ0v) is 9.67. The van der Waals surface area contributed by atoms with Gasteiger partial charge in [-0.1, -0.05) is 18.2 Å². The van der Waals surface area contributed by atoms with Crippen LogP contribution in [-0.4, -0.2) is 34.8 Å². The largest absolute Gasteiger partial charge is 0.480 e. The minimum absolute atomic E-state index is 0.409. The van der Waals surface area contributed by atoms with Gasteiger partial charge in [-0.3, -0.25) is 14.5 Å². The smallest absolute Gasteiger partial charge is 0.323 e. The number of carboxylic acids is 1. The number of carbonyl (C=O) groups is 2. The normalized spacial score (nSPS) is 19.3. The Morgan fingerprint density at radius 3 is 2.83 bits per heavy atom. The fourth-order valence-electron chi connectivity index (χ4n) is 2.13. The van der Waals surface area contributed by atoms with Crippen LogP contribution in [0.25, 0.3) is 0 Å². The number of amides is 1. The molecular formula is C12H14N2O4. The van der Waals surface area contributed by atoms with Gasteiger partial charge >= 0.3 is 5.97 Å². The summed E-state index contributed by atoms with van der Waals surface area (Å²) in [4.78, 5) is 24.2. The van der Waals surface area contributed by atoms with Crippen LogP contribution in [0.15, 0.2) is 24.3 Å². The molecule has 6 heteroatoms. The van der Waals surface area contributed by atoms with Gasteiger partial charge in [-0.25, -0.2) is 0 Å². The first-order chi connectivity index (χ1) is 8.63. The summed E-state index contributed by atoms with van der Waals surface area (Å²) in [5.41, 5.74) is 3.45. The number of nitrogens with zero attached hydrogens (tertiary/aromatic N) is 1. The molecule has 0 unspecified atom stereocenters. The lowest BCUT2D eigenvalue weighted by Crippen LogP contribution is -2.46. The van der Waals surface area contributed by atoms with Crippen molar-refractivity contribution in [2.45, 2.75) is 18.9 Å². The Hall–Kier alpha value is -1.92. The van der Waals surface area contributed by atoms with Crippen molar-refractivity contribution in [3.05, 3.63) is 29.8 Å². The molecule has 18 heavy (non-hydrogen) atoms. The maximum Gasteiger partial charge on any atom is 0.323 e. The summed E-state index contributed by atoms with van der Waals surface area (Å²) in [7, 11) is 0. The Balaban J connectivity index is 2.41. The fraction of sp³-hybridized carbons (Fsp3) is 0.333. The molecule has 0 saturated carbocycles. The molecule has 1 aliphatic heterocycles. The average molecular weight is 250 g/mol. The standard InChI is InChI=1S/C12H14N2O4/c15-11(16)7-14-10-4-2-1-3-8(10)5-6-9(13-18)12(14)17/h1-4,9,13,18H,5-7H2,(H,15,16)/t9-/m0/s1. The van der Waals surface area contributed by atoms with Crippen molar-refractivity contribution in [1.82, 2.24) is 5.48 Å². The highest BCUT2D eigenvalue weighted by atomic mass is 16.5. The van der Waals surface area contributed by atoms with Crippen LogP contribution in [-0.2, 0) is 16.0 Å². The highest BCUT2D eigenvalue weighted by molar-refractivity contribution is 6.01. The number of carboxylic acid groups (broad SMARTS) is 1. The third-order valence-corrected chi connectivity index (χ3v) is 3.00. The fourth-order valence-corrected chi connectivity index (χ4v) is 2.13. The van der Waals surface area contributed by atoms with Gasteiger partial charge in [-0.2, -0.15) is 5.48 Å². The van der Waals surface area contributed by atoms with Crippen LogP contribution < -0.4 is 10.4 Å². The molecule has 0 aliphatic carbocycles. The molecule has 96 valence electrons. The van der Waals surface area contributed by atoms with E-state index in [9.17, 15) is 9.59 Å². The molecule has 1 heterocycles. The molecule has 1 aromatic carbocycles. The van der Waals surface area contributed by atoms with E-state index in [0.29, 0.717) is 18.5 Å². The Labute approximate surface area is 104 Å². The Kier molecular flexibility index (Phi) is 3.59. The maximum atomic E-state index is 12.1. The van der Waals surface area contributed by atoms with Crippen molar-refractivity contribution in [3.8, 4) is 0 Å². The van der Waals surface area contributed by atoms with Crippen molar-refractivity contribution < 1.29 is 19.9 Å². The number of para-hydroxylation sites is 1. The van der Waals surface area contributed by atoms with E-state index in [0.717, 1.165) is 5.56 Å². The van der Waals surface area contributed by atoms with Gasteiger partial charge in [0.1, 0.15) is 12.6 Å². The van der Waals surface area contributed by atoms with Crippen molar-refractivity contribution in [2.75, 3.05) is 11.4 Å². The molecule has 0 saturated heterocycles. The van der Waals surface area contributed by atoms with E-state index in [-0.39, 0.29) is 0 Å². The van der Waals surface area contributed by atoms with E-state index < -0.39 is 24.5 Å². The van der Waals surface area contributed by atoms with Gasteiger partial charge in [-0.05, 0) is 24.5 Å². The summed E-state index contributed by atoms with van der Waals surface area (Å²) in [5.74, 6) is -1.51. The maximum absolute atomic E-state index is 12.1. The number of fused-ring (bicyclic) bond motifs is 1. The summed E-state index contributed by atoms with van der Waals surface area (Å²) < 4.78 is 0. The van der Waals surface area contributed by atoms with Gasteiger partial charge in [0.25, 0.3) is 0 Å². The zero-order chi connectivity index (χ0) is 13.1. The number of rotatable bonds is 3. The SMILES string of the molecule is O=C(O)CN1C(=O)[C@@H](NO)CCc2ccccc21. The van der Waals surface area contributed by atoms with E-state index in [1.165, 1.54) is 4.90 Å². The molecule has 0 fully saturated rings. The lowest BCUT2D eigenvalue weighted by atomic mass is 10.1. The molecular weight excluding hydrogens is 236 g/mol. The van der Waals surface area contributed by atoms with Gasteiger partial charge in [0.05, 0.1) is 0 Å². The number of benzene rings is 1. The molecule has 2 rings (SSSR count). The van der Waals surface area contributed by atoms with Gasteiger partial charge in [0.2, 0.25) is 5.91 Å². The Morgan fingerprint density at radius 2 is 2.17 bits per heavy atom. The number of hydroxylamine groups is 1. The quantitative estimate of drug-likeness (QED) is 0.675. The third-order valence-electron chi connectivity index (χ3n) is 3.00. The average Bonchev–Trinajstić information content (AvgIpc) is 2.48. The number of anilines is 1. The summed E-state index contributed by atoms with van der Waals surface area (Å²) in [5, 5.41) is 17.9. The van der Waals surface area contributed by atoms with E-state index in [1.54, 1.807) is 12.1 Å². The van der Waals surface area contributed by atoms with E-state index in [2.05, 4.69) is 0 Å². The van der Waals surface area contributed by atoms with E-state index in [4.69, 9.17) is 10.3 Å². The van der Waals surface area contributed by atoms with Crippen molar-refractivity contribution in [1.29, 1.82) is 0 Å². The Bertz CT molecular complexity index is 475. The van der Waals surface area contributed by atoms with Gasteiger partial charge in [-0.15, -0.1) is 0 Å². The van der Waals surface area contributed by atoms with Crippen LogP contribution >= 0.6 is 0 Å². The van der Waals surface area contributed by atoms with Crippen molar-refractivity contribution in [2.24, 2.45) is 0 Å². The van der Waals surface area contributed by atoms with E-state index in [1.807, 2.05) is 17.6 Å². The first-order valence-electron chi connectivity index (χ1n) is 5.64. The molecule has 3 N–H and O–H groups in total. The molecule has 1 amide bonds. The highest BCUT2D eigenvalue weighted by Crippen LogP contribution is 2.26. The first-order valence-corrected chi connectivity index (χ1v) is 5.64. The lowest BCUT2D eigenvalue weighted by Gasteiger charge is -2.23. The number of hydrogen-bond acceptors (Lipinski definition) is 4. The summed E-state index contributed by atoms with van der Waals surface area (Å²) in [6.07, 6.45) is 1.04. The lowest BCUT2D eigenvalue weighted by molar-refractivity contribution is -0.137. The van der Waals surface area contributed by atoms with Crippen LogP contribution in [0, 0.1) is 0 Å². The number of carbonyl (C=O) groups excluding carboxylic acids is 1. The van der Waals surface area contributed by atoms with Crippen LogP contribution in [0.4, 0.5) is 5.69 Å².